The SMILES string of the molecule is CC(C)(C)c1ccc(OCc2nnc(SCc3cc(=O)oc4cc(O)ccc34)n2N)cc1. The second-order valence-corrected chi connectivity index (χ2v) is 9.33. The molecule has 4 aromatic rings. The number of aromatic hydroxyl groups is 1. The minimum absolute atomic E-state index is 0.0323. The lowest BCUT2D eigenvalue weighted by atomic mass is 9.87. The van der Waals surface area contributed by atoms with E-state index < -0.39 is 5.63 Å². The number of rotatable bonds is 6. The predicted molar refractivity (Wildman–Crippen MR) is 123 cm³/mol. The lowest BCUT2D eigenvalue weighted by Gasteiger charge is -2.19. The summed E-state index contributed by atoms with van der Waals surface area (Å²) in [7, 11) is 0. The summed E-state index contributed by atoms with van der Waals surface area (Å²) < 4.78 is 12.4. The molecule has 0 radical (unpaired) electrons. The quantitative estimate of drug-likeness (QED) is 0.256. The molecule has 0 bridgehead atoms. The Morgan fingerprint density at radius 3 is 2.59 bits per heavy atom. The van der Waals surface area contributed by atoms with Crippen molar-refractivity contribution in [2.45, 2.75) is 43.7 Å². The highest BCUT2D eigenvalue weighted by molar-refractivity contribution is 7.98. The van der Waals surface area contributed by atoms with Gasteiger partial charge in [-0.2, -0.15) is 0 Å². The first-order valence-electron chi connectivity index (χ1n) is 10.0. The molecule has 0 atom stereocenters. The number of nitrogens with two attached hydrogens (primary N) is 1. The van der Waals surface area contributed by atoms with Crippen molar-refractivity contribution in [3.05, 3.63) is 75.9 Å². The Balaban J connectivity index is 1.44. The second-order valence-electron chi connectivity index (χ2n) is 8.39. The van der Waals surface area contributed by atoms with Crippen LogP contribution in [0.15, 0.2) is 62.9 Å². The van der Waals surface area contributed by atoms with Gasteiger partial charge >= 0.3 is 5.63 Å². The molecule has 166 valence electrons. The maximum atomic E-state index is 11.9. The molecule has 0 aliphatic carbocycles. The van der Waals surface area contributed by atoms with Gasteiger partial charge in [0.25, 0.3) is 0 Å². The van der Waals surface area contributed by atoms with Gasteiger partial charge in [-0.3, -0.25) is 0 Å². The Bertz CT molecular complexity index is 1310. The number of fused-ring (bicyclic) bond motifs is 1. The number of nitrogen functional groups attached to an aromatic ring is 1. The Kier molecular flexibility index (Phi) is 5.84. The van der Waals surface area contributed by atoms with E-state index in [0.717, 1.165) is 16.7 Å². The van der Waals surface area contributed by atoms with Crippen LogP contribution < -0.4 is 16.2 Å². The Hall–Kier alpha value is -3.46. The van der Waals surface area contributed by atoms with Gasteiger partial charge in [-0.25, -0.2) is 9.47 Å². The first-order chi connectivity index (χ1) is 15.2. The molecule has 8 nitrogen and oxygen atoms in total. The summed E-state index contributed by atoms with van der Waals surface area (Å²) in [5, 5.41) is 19.1. The molecule has 0 aliphatic heterocycles. The molecule has 2 aromatic heterocycles. The van der Waals surface area contributed by atoms with Crippen molar-refractivity contribution in [1.82, 2.24) is 14.9 Å². The topological polar surface area (TPSA) is 116 Å². The summed E-state index contributed by atoms with van der Waals surface area (Å²) in [5.41, 5.74) is 1.89. The summed E-state index contributed by atoms with van der Waals surface area (Å²) in [6.45, 7) is 6.66. The molecule has 2 heterocycles. The molecular weight excluding hydrogens is 428 g/mol. The van der Waals surface area contributed by atoms with Crippen molar-refractivity contribution < 1.29 is 14.3 Å². The summed E-state index contributed by atoms with van der Waals surface area (Å²) in [5.74, 6) is 7.82. The van der Waals surface area contributed by atoms with Gasteiger partial charge in [0, 0.05) is 23.3 Å². The van der Waals surface area contributed by atoms with Crippen molar-refractivity contribution in [3.8, 4) is 11.5 Å². The van der Waals surface area contributed by atoms with Crippen LogP contribution in [0.3, 0.4) is 0 Å². The molecule has 3 N–H and O–H groups in total. The highest BCUT2D eigenvalue weighted by Gasteiger charge is 2.15. The summed E-state index contributed by atoms with van der Waals surface area (Å²) in [4.78, 5) is 11.9. The molecular formula is C23H24N4O4S. The minimum atomic E-state index is -0.487. The molecule has 0 fully saturated rings. The molecule has 4 rings (SSSR count). The average molecular weight is 453 g/mol. The van der Waals surface area contributed by atoms with E-state index in [-0.39, 0.29) is 17.8 Å². The third kappa shape index (κ3) is 4.72. The van der Waals surface area contributed by atoms with Gasteiger partial charge in [0.05, 0.1) is 0 Å². The van der Waals surface area contributed by atoms with E-state index in [9.17, 15) is 9.90 Å². The average Bonchev–Trinajstić information content (AvgIpc) is 3.09. The van der Waals surface area contributed by atoms with Crippen molar-refractivity contribution in [2.24, 2.45) is 0 Å². The maximum Gasteiger partial charge on any atom is 0.336 e. The number of hydrogen-bond acceptors (Lipinski definition) is 8. The van der Waals surface area contributed by atoms with E-state index in [4.69, 9.17) is 15.0 Å². The van der Waals surface area contributed by atoms with E-state index in [1.165, 1.54) is 34.1 Å². The summed E-state index contributed by atoms with van der Waals surface area (Å²) >= 11 is 1.34. The fourth-order valence-electron chi connectivity index (χ4n) is 3.18. The van der Waals surface area contributed by atoms with Gasteiger partial charge in [0.2, 0.25) is 5.16 Å². The smallest absolute Gasteiger partial charge is 0.336 e. The standard InChI is InChI=1S/C23H24N4O4S/c1-23(2,3)15-4-7-17(8-5-15)30-12-20-25-26-22(27(20)24)32-13-14-10-21(29)31-19-11-16(28)6-9-18(14)19/h4-11,28H,12-13,24H2,1-3H3. The Labute approximate surface area is 189 Å². The molecule has 0 aliphatic rings. The largest absolute Gasteiger partial charge is 0.508 e. The van der Waals surface area contributed by atoms with Crippen LogP contribution in [-0.4, -0.2) is 20.0 Å². The van der Waals surface area contributed by atoms with Crippen molar-refractivity contribution >= 4 is 22.7 Å². The first kappa shape index (κ1) is 21.8. The van der Waals surface area contributed by atoms with Crippen LogP contribution in [0, 0.1) is 0 Å². The zero-order valence-corrected chi connectivity index (χ0v) is 18.8. The summed E-state index contributed by atoms with van der Waals surface area (Å²) in [6.07, 6.45) is 0. The van der Waals surface area contributed by atoms with E-state index in [0.29, 0.717) is 22.3 Å². The van der Waals surface area contributed by atoms with Crippen molar-refractivity contribution in [1.29, 1.82) is 0 Å². The molecule has 0 saturated heterocycles. The van der Waals surface area contributed by atoms with Gasteiger partial charge in [0.1, 0.15) is 23.7 Å². The van der Waals surface area contributed by atoms with E-state index in [2.05, 4.69) is 31.0 Å². The number of phenolic OH excluding ortho intramolecular Hbond substituents is 1. The van der Waals surface area contributed by atoms with Crippen LogP contribution >= 0.6 is 11.8 Å². The molecule has 2 aromatic carbocycles. The number of benzene rings is 2. The van der Waals surface area contributed by atoms with Crippen LogP contribution in [0.25, 0.3) is 11.0 Å². The van der Waals surface area contributed by atoms with Crippen LogP contribution in [-0.2, 0) is 17.8 Å². The zero-order valence-electron chi connectivity index (χ0n) is 18.0. The number of ether oxygens (including phenoxy) is 1. The molecule has 0 spiro atoms. The Morgan fingerprint density at radius 1 is 1.12 bits per heavy atom. The lowest BCUT2D eigenvalue weighted by molar-refractivity contribution is 0.291. The fraction of sp³-hybridized carbons (Fsp3) is 0.261. The maximum absolute atomic E-state index is 11.9. The first-order valence-corrected chi connectivity index (χ1v) is 11.0. The third-order valence-corrected chi connectivity index (χ3v) is 5.99. The van der Waals surface area contributed by atoms with Crippen LogP contribution in [0.2, 0.25) is 0 Å². The molecule has 0 amide bonds. The molecule has 0 unspecified atom stereocenters. The van der Waals surface area contributed by atoms with E-state index >= 15 is 0 Å². The number of nitrogens with zero attached hydrogens (tertiary/aromatic N) is 3. The van der Waals surface area contributed by atoms with Crippen LogP contribution in [0.5, 0.6) is 11.5 Å². The number of phenols is 1. The second kappa shape index (κ2) is 8.58. The Morgan fingerprint density at radius 2 is 1.88 bits per heavy atom. The number of aromatic nitrogens is 3. The van der Waals surface area contributed by atoms with Gasteiger partial charge < -0.3 is 20.1 Å². The number of hydrogen-bond donors (Lipinski definition) is 2. The highest BCUT2D eigenvalue weighted by Crippen LogP contribution is 2.28. The molecule has 9 heteroatoms. The third-order valence-electron chi connectivity index (χ3n) is 4.99. The van der Waals surface area contributed by atoms with Crippen molar-refractivity contribution in [2.75, 3.05) is 5.84 Å². The van der Waals surface area contributed by atoms with Crippen LogP contribution in [0.4, 0.5) is 0 Å². The van der Waals surface area contributed by atoms with Gasteiger partial charge in [-0.1, -0.05) is 44.7 Å². The van der Waals surface area contributed by atoms with Gasteiger partial charge in [-0.15, -0.1) is 10.2 Å². The van der Waals surface area contributed by atoms with Crippen molar-refractivity contribution in [3.63, 3.8) is 0 Å². The molecule has 32 heavy (non-hydrogen) atoms. The monoisotopic (exact) mass is 452 g/mol. The molecule has 0 saturated carbocycles. The normalized spacial score (nSPS) is 11.7. The van der Waals surface area contributed by atoms with E-state index in [1.54, 1.807) is 12.1 Å². The summed E-state index contributed by atoms with van der Waals surface area (Å²) in [6, 6.07) is 14.0. The lowest BCUT2D eigenvalue weighted by Crippen LogP contribution is -2.16. The fourth-order valence-corrected chi connectivity index (χ4v) is 4.05. The zero-order chi connectivity index (χ0) is 22.9. The number of thioether (sulfide) groups is 1. The van der Waals surface area contributed by atoms with E-state index in [1.807, 2.05) is 24.3 Å². The van der Waals surface area contributed by atoms with Crippen LogP contribution in [0.1, 0.15) is 37.7 Å². The predicted octanol–water partition coefficient (Wildman–Crippen LogP) is 3.97. The minimum Gasteiger partial charge on any atom is -0.508 e. The highest BCUT2D eigenvalue weighted by atomic mass is 32.2. The van der Waals surface area contributed by atoms with Gasteiger partial charge in [-0.05, 0) is 40.8 Å². The van der Waals surface area contributed by atoms with Gasteiger partial charge in [0.15, 0.2) is 5.82 Å².